The summed E-state index contributed by atoms with van der Waals surface area (Å²) in [7, 11) is 0. The van der Waals surface area contributed by atoms with Crippen LogP contribution in [-0.4, -0.2) is 25.7 Å². The highest BCUT2D eigenvalue weighted by Gasteiger charge is 2.12. The van der Waals surface area contributed by atoms with Crippen molar-refractivity contribution in [2.45, 2.75) is 19.3 Å². The standard InChI is InChI=1S/C18H20N2O2/c1-2-12-22-18(21)16(14-19)13-15-6-8-17(9-7-15)20-10-4-3-5-11-20/h2,6-9,13H,1,3-5,10-12H2/b16-13+. The Labute approximate surface area is 131 Å². The minimum Gasteiger partial charge on any atom is -0.457 e. The van der Waals surface area contributed by atoms with Crippen molar-refractivity contribution in [1.82, 2.24) is 0 Å². The largest absolute Gasteiger partial charge is 0.457 e. The van der Waals surface area contributed by atoms with Gasteiger partial charge in [0.1, 0.15) is 18.2 Å². The van der Waals surface area contributed by atoms with Gasteiger partial charge in [0.05, 0.1) is 0 Å². The molecule has 0 N–H and O–H groups in total. The second-order valence-electron chi connectivity index (χ2n) is 5.20. The third-order valence-corrected chi connectivity index (χ3v) is 3.60. The van der Waals surface area contributed by atoms with Gasteiger partial charge in [-0.3, -0.25) is 0 Å². The highest BCUT2D eigenvalue weighted by Crippen LogP contribution is 2.21. The van der Waals surface area contributed by atoms with Crippen LogP contribution in [0.25, 0.3) is 6.08 Å². The Hall–Kier alpha value is -2.54. The lowest BCUT2D eigenvalue weighted by atomic mass is 10.1. The van der Waals surface area contributed by atoms with E-state index in [2.05, 4.69) is 11.5 Å². The van der Waals surface area contributed by atoms with Crippen molar-refractivity contribution in [1.29, 1.82) is 5.26 Å². The number of carbonyl (C=O) groups is 1. The average Bonchev–Trinajstić information content (AvgIpc) is 2.59. The smallest absolute Gasteiger partial charge is 0.349 e. The van der Waals surface area contributed by atoms with E-state index in [1.165, 1.54) is 31.0 Å². The molecule has 0 aliphatic carbocycles. The van der Waals surface area contributed by atoms with E-state index in [0.717, 1.165) is 18.7 Å². The molecule has 0 aromatic heterocycles. The van der Waals surface area contributed by atoms with Crippen LogP contribution in [0.15, 0.2) is 42.5 Å². The third kappa shape index (κ3) is 4.23. The van der Waals surface area contributed by atoms with Crippen molar-refractivity contribution < 1.29 is 9.53 Å². The number of rotatable bonds is 5. The van der Waals surface area contributed by atoms with Crippen LogP contribution >= 0.6 is 0 Å². The van der Waals surface area contributed by atoms with Gasteiger partial charge < -0.3 is 9.64 Å². The van der Waals surface area contributed by atoms with Gasteiger partial charge in [-0.25, -0.2) is 4.79 Å². The fourth-order valence-corrected chi connectivity index (χ4v) is 2.45. The van der Waals surface area contributed by atoms with Gasteiger partial charge in [-0.05, 0) is 43.0 Å². The molecule has 0 atom stereocenters. The highest BCUT2D eigenvalue weighted by molar-refractivity contribution is 5.97. The molecule has 1 aromatic rings. The second-order valence-corrected chi connectivity index (χ2v) is 5.20. The third-order valence-electron chi connectivity index (χ3n) is 3.60. The molecule has 1 fully saturated rings. The SMILES string of the molecule is C=CCOC(=O)/C(C#N)=C/c1ccc(N2CCCCC2)cc1. The molecular weight excluding hydrogens is 276 g/mol. The number of piperidine rings is 1. The summed E-state index contributed by atoms with van der Waals surface area (Å²) in [4.78, 5) is 14.0. The van der Waals surface area contributed by atoms with E-state index in [1.54, 1.807) is 6.08 Å². The molecule has 1 aromatic carbocycles. The van der Waals surface area contributed by atoms with E-state index in [9.17, 15) is 4.79 Å². The van der Waals surface area contributed by atoms with Crippen molar-refractivity contribution in [3.8, 4) is 6.07 Å². The van der Waals surface area contributed by atoms with Crippen LogP contribution in [0.4, 0.5) is 5.69 Å². The zero-order chi connectivity index (χ0) is 15.8. The summed E-state index contributed by atoms with van der Waals surface area (Å²) in [5, 5.41) is 9.06. The number of nitrogens with zero attached hydrogens (tertiary/aromatic N) is 2. The van der Waals surface area contributed by atoms with Crippen molar-refractivity contribution >= 4 is 17.7 Å². The zero-order valence-corrected chi connectivity index (χ0v) is 12.6. The fraction of sp³-hybridized carbons (Fsp3) is 0.333. The quantitative estimate of drug-likeness (QED) is 0.362. The van der Waals surface area contributed by atoms with Gasteiger partial charge in [0.25, 0.3) is 0 Å². The van der Waals surface area contributed by atoms with Gasteiger partial charge in [0.15, 0.2) is 0 Å². The number of hydrogen-bond acceptors (Lipinski definition) is 4. The molecule has 0 unspecified atom stereocenters. The highest BCUT2D eigenvalue weighted by atomic mass is 16.5. The van der Waals surface area contributed by atoms with Crippen LogP contribution in [0.1, 0.15) is 24.8 Å². The lowest BCUT2D eigenvalue weighted by Gasteiger charge is -2.28. The maximum atomic E-state index is 11.7. The predicted octanol–water partition coefficient (Wildman–Crippen LogP) is 3.31. The average molecular weight is 296 g/mol. The van der Waals surface area contributed by atoms with Gasteiger partial charge in [-0.2, -0.15) is 5.26 Å². The molecule has 0 amide bonds. The van der Waals surface area contributed by atoms with E-state index < -0.39 is 5.97 Å². The Morgan fingerprint density at radius 3 is 2.55 bits per heavy atom. The Balaban J connectivity index is 2.08. The summed E-state index contributed by atoms with van der Waals surface area (Å²) in [5.41, 5.74) is 1.99. The van der Waals surface area contributed by atoms with E-state index in [-0.39, 0.29) is 12.2 Å². The first kappa shape index (κ1) is 15.8. The van der Waals surface area contributed by atoms with Gasteiger partial charge in [-0.15, -0.1) is 0 Å². The molecule has 2 rings (SSSR count). The van der Waals surface area contributed by atoms with Crippen LogP contribution < -0.4 is 4.90 Å². The summed E-state index contributed by atoms with van der Waals surface area (Å²) in [6.07, 6.45) is 6.78. The van der Waals surface area contributed by atoms with Crippen LogP contribution in [0, 0.1) is 11.3 Å². The first-order chi connectivity index (χ1) is 10.7. The van der Waals surface area contributed by atoms with Crippen molar-refractivity contribution in [3.63, 3.8) is 0 Å². The maximum Gasteiger partial charge on any atom is 0.349 e. The van der Waals surface area contributed by atoms with Gasteiger partial charge in [0, 0.05) is 18.8 Å². The number of ether oxygens (including phenoxy) is 1. The summed E-state index contributed by atoms with van der Waals surface area (Å²) < 4.78 is 4.88. The van der Waals surface area contributed by atoms with Crippen LogP contribution in [0.3, 0.4) is 0 Å². The predicted molar refractivity (Wildman–Crippen MR) is 87.3 cm³/mol. The molecule has 114 valence electrons. The minimum absolute atomic E-state index is 0.00688. The lowest BCUT2D eigenvalue weighted by molar-refractivity contribution is -0.137. The van der Waals surface area contributed by atoms with E-state index in [1.807, 2.05) is 30.3 Å². The molecule has 4 heteroatoms. The van der Waals surface area contributed by atoms with E-state index in [4.69, 9.17) is 10.00 Å². The van der Waals surface area contributed by atoms with Crippen molar-refractivity contribution in [2.75, 3.05) is 24.6 Å². The molecule has 0 radical (unpaired) electrons. The summed E-state index contributed by atoms with van der Waals surface area (Å²) in [6.45, 7) is 5.75. The molecule has 22 heavy (non-hydrogen) atoms. The number of hydrogen-bond donors (Lipinski definition) is 0. The van der Waals surface area contributed by atoms with Crippen LogP contribution in [-0.2, 0) is 9.53 Å². The molecule has 1 heterocycles. The van der Waals surface area contributed by atoms with Gasteiger partial charge >= 0.3 is 5.97 Å². The second kappa shape index (κ2) is 8.04. The number of nitriles is 1. The van der Waals surface area contributed by atoms with Crippen LogP contribution in [0.2, 0.25) is 0 Å². The monoisotopic (exact) mass is 296 g/mol. The molecular formula is C18H20N2O2. The normalized spacial score (nSPS) is 15.0. The number of esters is 1. The van der Waals surface area contributed by atoms with Crippen LogP contribution in [0.5, 0.6) is 0 Å². The first-order valence-corrected chi connectivity index (χ1v) is 7.49. The summed E-state index contributed by atoms with van der Waals surface area (Å²) in [6, 6.07) is 9.77. The fourth-order valence-electron chi connectivity index (χ4n) is 2.45. The van der Waals surface area contributed by atoms with Gasteiger partial charge in [-0.1, -0.05) is 24.8 Å². The number of benzene rings is 1. The molecule has 0 spiro atoms. The number of carbonyl (C=O) groups excluding carboxylic acids is 1. The van der Waals surface area contributed by atoms with Crippen molar-refractivity contribution in [3.05, 3.63) is 48.1 Å². The Morgan fingerprint density at radius 1 is 1.27 bits per heavy atom. The van der Waals surface area contributed by atoms with Crippen molar-refractivity contribution in [2.24, 2.45) is 0 Å². The van der Waals surface area contributed by atoms with E-state index in [0.29, 0.717) is 0 Å². The maximum absolute atomic E-state index is 11.7. The minimum atomic E-state index is -0.623. The molecule has 1 aliphatic heterocycles. The summed E-state index contributed by atoms with van der Waals surface area (Å²) >= 11 is 0. The zero-order valence-electron chi connectivity index (χ0n) is 12.6. The lowest BCUT2D eigenvalue weighted by Crippen LogP contribution is -2.29. The Morgan fingerprint density at radius 2 is 1.95 bits per heavy atom. The Bertz CT molecular complexity index is 591. The van der Waals surface area contributed by atoms with Gasteiger partial charge in [0.2, 0.25) is 0 Å². The molecule has 4 nitrogen and oxygen atoms in total. The topological polar surface area (TPSA) is 53.3 Å². The molecule has 1 aliphatic rings. The number of anilines is 1. The Kier molecular flexibility index (Phi) is 5.79. The molecule has 0 bridgehead atoms. The van der Waals surface area contributed by atoms with E-state index >= 15 is 0 Å². The molecule has 1 saturated heterocycles. The summed E-state index contributed by atoms with van der Waals surface area (Å²) in [5.74, 6) is -0.623. The molecule has 0 saturated carbocycles. The first-order valence-electron chi connectivity index (χ1n) is 7.49.